The molecule has 0 heterocycles. The van der Waals surface area contributed by atoms with Gasteiger partial charge in [0.25, 0.3) is 0 Å². The van der Waals surface area contributed by atoms with Crippen LogP contribution >= 0.6 is 23.5 Å². The molecule has 0 saturated carbocycles. The number of hydrogen-bond acceptors (Lipinski definition) is 4. The highest BCUT2D eigenvalue weighted by molar-refractivity contribution is 7.99. The van der Waals surface area contributed by atoms with Crippen LogP contribution < -0.4 is 5.43 Å². The van der Waals surface area contributed by atoms with Crippen molar-refractivity contribution in [2.24, 2.45) is 5.10 Å². The van der Waals surface area contributed by atoms with E-state index in [1.807, 2.05) is 30.5 Å². The highest BCUT2D eigenvalue weighted by atomic mass is 32.2. The molecule has 1 N–H and O–H groups in total. The summed E-state index contributed by atoms with van der Waals surface area (Å²) in [7, 11) is 0. The summed E-state index contributed by atoms with van der Waals surface area (Å²) in [4.78, 5) is 13.0. The summed E-state index contributed by atoms with van der Waals surface area (Å²) in [6.45, 7) is 4.18. The van der Waals surface area contributed by atoms with Crippen LogP contribution in [0.1, 0.15) is 22.3 Å². The maximum atomic E-state index is 11.8. The Kier molecular flexibility index (Phi) is 7.40. The highest BCUT2D eigenvalue weighted by Gasteiger charge is 2.02. The third kappa shape index (κ3) is 6.42. The van der Waals surface area contributed by atoms with Crippen LogP contribution in [0.4, 0.5) is 0 Å². The molecule has 2 rings (SSSR count). The molecular weight excluding hydrogens is 336 g/mol. The molecule has 0 aliphatic rings. The summed E-state index contributed by atoms with van der Waals surface area (Å²) in [6.07, 6.45) is 3.70. The molecule has 0 aliphatic carbocycles. The molecule has 0 unspecified atom stereocenters. The van der Waals surface area contributed by atoms with Gasteiger partial charge in [-0.2, -0.15) is 5.10 Å². The molecule has 0 radical (unpaired) electrons. The van der Waals surface area contributed by atoms with Crippen LogP contribution in [0.5, 0.6) is 0 Å². The minimum atomic E-state index is -0.0821. The summed E-state index contributed by atoms with van der Waals surface area (Å²) in [5.41, 5.74) is 7.31. The number of thioether (sulfide) groups is 2. The number of amides is 1. The topological polar surface area (TPSA) is 41.5 Å². The average Bonchev–Trinajstić information content (AvgIpc) is 2.54. The average molecular weight is 359 g/mol. The van der Waals surface area contributed by atoms with Gasteiger partial charge in [0, 0.05) is 10.6 Å². The number of carbonyl (C=O) groups excluding carboxylic acids is 1. The molecule has 0 spiro atoms. The Labute approximate surface area is 152 Å². The van der Waals surface area contributed by atoms with Crippen LogP contribution in [0.2, 0.25) is 0 Å². The van der Waals surface area contributed by atoms with Gasteiger partial charge in [-0.05, 0) is 43.4 Å². The minimum absolute atomic E-state index is 0.0821. The number of benzene rings is 2. The van der Waals surface area contributed by atoms with Gasteiger partial charge in [-0.25, -0.2) is 5.43 Å². The zero-order valence-corrected chi connectivity index (χ0v) is 15.8. The first-order valence-electron chi connectivity index (χ1n) is 7.67. The molecule has 24 heavy (non-hydrogen) atoms. The second-order valence-corrected chi connectivity index (χ2v) is 7.42. The lowest BCUT2D eigenvalue weighted by Crippen LogP contribution is -2.19. The second kappa shape index (κ2) is 9.55. The van der Waals surface area contributed by atoms with Crippen LogP contribution in [0.25, 0.3) is 0 Å². The van der Waals surface area contributed by atoms with Crippen molar-refractivity contribution in [3.05, 3.63) is 64.7 Å². The Balaban J connectivity index is 1.73. The van der Waals surface area contributed by atoms with Gasteiger partial charge in [0.2, 0.25) is 5.91 Å². The van der Waals surface area contributed by atoms with Gasteiger partial charge in [0.15, 0.2) is 0 Å². The molecule has 5 heteroatoms. The van der Waals surface area contributed by atoms with Crippen molar-refractivity contribution in [1.29, 1.82) is 0 Å². The third-order valence-corrected chi connectivity index (χ3v) is 5.05. The first-order chi connectivity index (χ1) is 11.6. The summed E-state index contributed by atoms with van der Waals surface area (Å²) in [5, 5.41) is 4.01. The first-order valence-corrected chi connectivity index (χ1v) is 10.1. The standard InChI is InChI=1S/C19H22N2OS2/c1-14-8-15(2)10-17(9-14)12-24-13-19(22)21-20-11-16-4-6-18(23-3)7-5-16/h4-11H,12-13H2,1-3H3,(H,21,22)/b20-11-. The lowest BCUT2D eigenvalue weighted by Gasteiger charge is -2.04. The Morgan fingerprint density at radius 3 is 2.42 bits per heavy atom. The first kappa shape index (κ1) is 18.6. The maximum Gasteiger partial charge on any atom is 0.250 e. The van der Waals surface area contributed by atoms with E-state index in [-0.39, 0.29) is 5.91 Å². The molecule has 0 bridgehead atoms. The van der Waals surface area contributed by atoms with Crippen LogP contribution in [0, 0.1) is 13.8 Å². The number of nitrogens with one attached hydrogen (secondary N) is 1. The van der Waals surface area contributed by atoms with Crippen LogP contribution in [-0.4, -0.2) is 24.1 Å². The number of hydrazone groups is 1. The van der Waals surface area contributed by atoms with Gasteiger partial charge < -0.3 is 0 Å². The van der Waals surface area contributed by atoms with Crippen molar-refractivity contribution in [1.82, 2.24) is 5.43 Å². The largest absolute Gasteiger partial charge is 0.272 e. The van der Waals surface area contributed by atoms with Crippen molar-refractivity contribution in [2.75, 3.05) is 12.0 Å². The number of hydrogen-bond donors (Lipinski definition) is 1. The smallest absolute Gasteiger partial charge is 0.250 e. The lowest BCUT2D eigenvalue weighted by atomic mass is 10.1. The predicted molar refractivity (Wildman–Crippen MR) is 106 cm³/mol. The lowest BCUT2D eigenvalue weighted by molar-refractivity contribution is -0.118. The Morgan fingerprint density at radius 2 is 1.79 bits per heavy atom. The van der Waals surface area contributed by atoms with Crippen molar-refractivity contribution < 1.29 is 4.79 Å². The van der Waals surface area contributed by atoms with Gasteiger partial charge in [-0.15, -0.1) is 23.5 Å². The van der Waals surface area contributed by atoms with Crippen LogP contribution in [-0.2, 0) is 10.5 Å². The van der Waals surface area contributed by atoms with E-state index in [9.17, 15) is 4.79 Å². The molecule has 126 valence electrons. The van der Waals surface area contributed by atoms with Gasteiger partial charge in [-0.1, -0.05) is 41.5 Å². The summed E-state index contributed by atoms with van der Waals surface area (Å²) >= 11 is 3.29. The minimum Gasteiger partial charge on any atom is -0.272 e. The quantitative estimate of drug-likeness (QED) is 0.453. The molecule has 3 nitrogen and oxygen atoms in total. The van der Waals surface area contributed by atoms with E-state index in [1.54, 1.807) is 29.7 Å². The number of carbonyl (C=O) groups is 1. The maximum absolute atomic E-state index is 11.8. The SMILES string of the molecule is CSc1ccc(/C=N\NC(=O)CSCc2cc(C)cc(C)c2)cc1. The molecule has 0 aromatic heterocycles. The fraction of sp³-hybridized carbons (Fsp3) is 0.263. The van der Waals surface area contributed by atoms with Gasteiger partial charge >= 0.3 is 0 Å². The highest BCUT2D eigenvalue weighted by Crippen LogP contribution is 2.16. The molecular formula is C19H22N2OS2. The summed E-state index contributed by atoms with van der Waals surface area (Å²) < 4.78 is 0. The molecule has 0 aliphatic heterocycles. The molecule has 0 atom stereocenters. The molecule has 1 amide bonds. The van der Waals surface area contributed by atoms with E-state index in [0.717, 1.165) is 11.3 Å². The number of aryl methyl sites for hydroxylation is 2. The van der Waals surface area contributed by atoms with Crippen molar-refractivity contribution in [2.45, 2.75) is 24.5 Å². The zero-order valence-electron chi connectivity index (χ0n) is 14.2. The van der Waals surface area contributed by atoms with E-state index in [1.165, 1.54) is 21.6 Å². The van der Waals surface area contributed by atoms with Gasteiger partial charge in [-0.3, -0.25) is 4.79 Å². The fourth-order valence-electron chi connectivity index (χ4n) is 2.31. The van der Waals surface area contributed by atoms with E-state index in [4.69, 9.17) is 0 Å². The van der Waals surface area contributed by atoms with E-state index < -0.39 is 0 Å². The molecule has 0 fully saturated rings. The Morgan fingerprint density at radius 1 is 1.12 bits per heavy atom. The molecule has 2 aromatic carbocycles. The molecule has 0 saturated heterocycles. The Hall–Kier alpha value is -1.72. The van der Waals surface area contributed by atoms with Crippen molar-refractivity contribution >= 4 is 35.6 Å². The van der Waals surface area contributed by atoms with Gasteiger partial charge in [0.1, 0.15) is 0 Å². The summed E-state index contributed by atoms with van der Waals surface area (Å²) in [6, 6.07) is 14.5. The van der Waals surface area contributed by atoms with Crippen LogP contribution in [0.15, 0.2) is 52.5 Å². The fourth-order valence-corrected chi connectivity index (χ4v) is 3.48. The van der Waals surface area contributed by atoms with E-state index in [2.05, 4.69) is 42.6 Å². The van der Waals surface area contributed by atoms with Crippen LogP contribution in [0.3, 0.4) is 0 Å². The van der Waals surface area contributed by atoms with Gasteiger partial charge in [0.05, 0.1) is 12.0 Å². The number of nitrogens with zero attached hydrogens (tertiary/aromatic N) is 1. The summed E-state index contributed by atoms with van der Waals surface area (Å²) in [5.74, 6) is 1.15. The van der Waals surface area contributed by atoms with Crippen molar-refractivity contribution in [3.63, 3.8) is 0 Å². The third-order valence-electron chi connectivity index (χ3n) is 3.30. The van der Waals surface area contributed by atoms with E-state index in [0.29, 0.717) is 5.75 Å². The van der Waals surface area contributed by atoms with E-state index >= 15 is 0 Å². The normalized spacial score (nSPS) is 11.0. The predicted octanol–water partition coefficient (Wildman–Crippen LogP) is 4.41. The second-order valence-electron chi connectivity index (χ2n) is 5.56. The molecule has 2 aromatic rings. The number of rotatable bonds is 7. The monoisotopic (exact) mass is 358 g/mol. The zero-order chi connectivity index (χ0) is 17.4. The Bertz CT molecular complexity index is 692. The van der Waals surface area contributed by atoms with Crippen molar-refractivity contribution in [3.8, 4) is 0 Å².